The van der Waals surface area contributed by atoms with Gasteiger partial charge in [0.15, 0.2) is 0 Å². The van der Waals surface area contributed by atoms with E-state index < -0.39 is 21.9 Å². The first kappa shape index (κ1) is 20.4. The lowest BCUT2D eigenvalue weighted by Gasteiger charge is -2.19. The number of benzene rings is 1. The van der Waals surface area contributed by atoms with Gasteiger partial charge in [-0.2, -0.15) is 12.7 Å². The molecule has 0 bridgehead atoms. The average molecular weight is 357 g/mol. The molecule has 1 aromatic carbocycles. The number of hydrogen-bond donors (Lipinski definition) is 2. The molecule has 0 unspecified atom stereocenters. The zero-order valence-corrected chi connectivity index (χ0v) is 15.7. The predicted octanol–water partition coefficient (Wildman–Crippen LogP) is 2.36. The SMILES string of the molecule is CN(C)S(=O)(=O)NCCCc1ccc(NC(=O)OC(C)(C)C)cc1. The van der Waals surface area contributed by atoms with E-state index in [2.05, 4.69) is 10.0 Å². The maximum atomic E-state index is 11.7. The number of rotatable bonds is 7. The lowest BCUT2D eigenvalue weighted by Crippen LogP contribution is -2.36. The van der Waals surface area contributed by atoms with Crippen LogP contribution >= 0.6 is 0 Å². The van der Waals surface area contributed by atoms with E-state index in [0.717, 1.165) is 16.3 Å². The van der Waals surface area contributed by atoms with Crippen LogP contribution in [-0.4, -0.2) is 45.1 Å². The molecule has 0 atom stereocenters. The van der Waals surface area contributed by atoms with Crippen LogP contribution in [0.15, 0.2) is 24.3 Å². The first-order valence-electron chi connectivity index (χ1n) is 7.76. The second-order valence-electron chi connectivity index (χ2n) is 6.61. The van der Waals surface area contributed by atoms with E-state index in [1.54, 1.807) is 32.9 Å². The summed E-state index contributed by atoms with van der Waals surface area (Å²) >= 11 is 0. The van der Waals surface area contributed by atoms with Gasteiger partial charge < -0.3 is 4.74 Å². The largest absolute Gasteiger partial charge is 0.444 e. The summed E-state index contributed by atoms with van der Waals surface area (Å²) in [5.41, 5.74) is 1.18. The average Bonchev–Trinajstić information content (AvgIpc) is 2.43. The molecule has 1 aromatic rings. The van der Waals surface area contributed by atoms with Gasteiger partial charge in [-0.15, -0.1) is 0 Å². The van der Waals surface area contributed by atoms with Crippen LogP contribution in [-0.2, 0) is 21.4 Å². The van der Waals surface area contributed by atoms with Gasteiger partial charge in [0.2, 0.25) is 0 Å². The van der Waals surface area contributed by atoms with Crippen molar-refractivity contribution in [2.24, 2.45) is 0 Å². The van der Waals surface area contributed by atoms with Crippen molar-refractivity contribution in [1.29, 1.82) is 0 Å². The van der Waals surface area contributed by atoms with E-state index in [1.807, 2.05) is 12.1 Å². The second-order valence-corrected chi connectivity index (χ2v) is 8.58. The second kappa shape index (κ2) is 8.46. The van der Waals surface area contributed by atoms with Crippen molar-refractivity contribution in [2.45, 2.75) is 39.2 Å². The van der Waals surface area contributed by atoms with Gasteiger partial charge in [0.25, 0.3) is 10.2 Å². The molecule has 2 N–H and O–H groups in total. The normalized spacial score (nSPS) is 12.2. The highest BCUT2D eigenvalue weighted by Crippen LogP contribution is 2.13. The molecule has 0 saturated heterocycles. The molecule has 7 nitrogen and oxygen atoms in total. The topological polar surface area (TPSA) is 87.7 Å². The van der Waals surface area contributed by atoms with Crippen molar-refractivity contribution in [3.05, 3.63) is 29.8 Å². The van der Waals surface area contributed by atoms with Crippen LogP contribution in [0.1, 0.15) is 32.8 Å². The van der Waals surface area contributed by atoms with Crippen LogP contribution in [0.2, 0.25) is 0 Å². The molecule has 0 radical (unpaired) electrons. The number of carbonyl (C=O) groups is 1. The molecule has 24 heavy (non-hydrogen) atoms. The lowest BCUT2D eigenvalue weighted by atomic mass is 10.1. The van der Waals surface area contributed by atoms with Gasteiger partial charge in [-0.1, -0.05) is 12.1 Å². The van der Waals surface area contributed by atoms with Crippen LogP contribution in [0, 0.1) is 0 Å². The quantitative estimate of drug-likeness (QED) is 0.733. The van der Waals surface area contributed by atoms with E-state index in [4.69, 9.17) is 4.74 Å². The van der Waals surface area contributed by atoms with Crippen LogP contribution in [0.5, 0.6) is 0 Å². The Hall–Kier alpha value is -1.64. The molecule has 0 aromatic heterocycles. The molecule has 136 valence electrons. The fourth-order valence-electron chi connectivity index (χ4n) is 1.80. The van der Waals surface area contributed by atoms with Crippen molar-refractivity contribution >= 4 is 22.0 Å². The Kier molecular flexibility index (Phi) is 7.19. The number of anilines is 1. The minimum Gasteiger partial charge on any atom is -0.444 e. The lowest BCUT2D eigenvalue weighted by molar-refractivity contribution is 0.0636. The Morgan fingerprint density at radius 3 is 2.25 bits per heavy atom. The highest BCUT2D eigenvalue weighted by Gasteiger charge is 2.16. The van der Waals surface area contributed by atoms with Crippen LogP contribution in [0.25, 0.3) is 0 Å². The zero-order valence-electron chi connectivity index (χ0n) is 14.9. The van der Waals surface area contributed by atoms with E-state index in [0.29, 0.717) is 18.7 Å². The van der Waals surface area contributed by atoms with Gasteiger partial charge in [-0.3, -0.25) is 5.32 Å². The third-order valence-electron chi connectivity index (χ3n) is 3.01. The first-order valence-corrected chi connectivity index (χ1v) is 9.20. The third-order valence-corrected chi connectivity index (χ3v) is 4.54. The number of nitrogens with zero attached hydrogens (tertiary/aromatic N) is 1. The van der Waals surface area contributed by atoms with E-state index in [-0.39, 0.29) is 0 Å². The van der Waals surface area contributed by atoms with Gasteiger partial charge in [0.05, 0.1) is 0 Å². The summed E-state index contributed by atoms with van der Waals surface area (Å²) in [4.78, 5) is 11.7. The van der Waals surface area contributed by atoms with E-state index in [1.165, 1.54) is 14.1 Å². The zero-order chi connectivity index (χ0) is 18.4. The standard InChI is InChI=1S/C16H27N3O4S/c1-16(2,3)23-15(20)18-14-10-8-13(9-11-14)7-6-12-17-24(21,22)19(4)5/h8-11,17H,6-7,12H2,1-5H3,(H,18,20). The number of aryl methyl sites for hydroxylation is 1. The summed E-state index contributed by atoms with van der Waals surface area (Å²) in [5.74, 6) is 0. The van der Waals surface area contributed by atoms with Gasteiger partial charge in [-0.05, 0) is 51.3 Å². The minimum absolute atomic E-state index is 0.373. The Balaban J connectivity index is 2.41. The molecule has 0 aliphatic carbocycles. The highest BCUT2D eigenvalue weighted by molar-refractivity contribution is 7.87. The molecule has 0 fully saturated rings. The first-order chi connectivity index (χ1) is 11.0. The molecule has 0 saturated carbocycles. The monoisotopic (exact) mass is 357 g/mol. The molecule has 0 aliphatic rings. The Morgan fingerprint density at radius 2 is 1.75 bits per heavy atom. The number of nitrogens with one attached hydrogen (secondary N) is 2. The summed E-state index contributed by atoms with van der Waals surface area (Å²) in [6.07, 6.45) is 0.933. The summed E-state index contributed by atoms with van der Waals surface area (Å²) < 4.78 is 31.9. The van der Waals surface area contributed by atoms with Crippen LogP contribution in [0.3, 0.4) is 0 Å². The Labute approximate surface area is 144 Å². The minimum atomic E-state index is -3.37. The maximum Gasteiger partial charge on any atom is 0.412 e. The third kappa shape index (κ3) is 7.76. The molecular formula is C16H27N3O4S. The Morgan fingerprint density at radius 1 is 1.17 bits per heavy atom. The van der Waals surface area contributed by atoms with E-state index in [9.17, 15) is 13.2 Å². The van der Waals surface area contributed by atoms with Crippen molar-refractivity contribution < 1.29 is 17.9 Å². The number of ether oxygens (including phenoxy) is 1. The summed E-state index contributed by atoms with van der Waals surface area (Å²) in [6.45, 7) is 5.79. The molecule has 1 amide bonds. The van der Waals surface area contributed by atoms with Crippen molar-refractivity contribution in [3.8, 4) is 0 Å². The van der Waals surface area contributed by atoms with Gasteiger partial charge in [0, 0.05) is 26.3 Å². The van der Waals surface area contributed by atoms with Crippen LogP contribution in [0.4, 0.5) is 10.5 Å². The van der Waals surface area contributed by atoms with Crippen LogP contribution < -0.4 is 10.0 Å². The molecule has 0 heterocycles. The van der Waals surface area contributed by atoms with Gasteiger partial charge in [-0.25, -0.2) is 9.52 Å². The number of carbonyl (C=O) groups excluding carboxylic acids is 1. The van der Waals surface area contributed by atoms with Crippen molar-refractivity contribution in [3.63, 3.8) is 0 Å². The van der Waals surface area contributed by atoms with Gasteiger partial charge in [0.1, 0.15) is 5.60 Å². The summed E-state index contributed by atoms with van der Waals surface area (Å²) in [6, 6.07) is 7.38. The van der Waals surface area contributed by atoms with E-state index >= 15 is 0 Å². The Bertz CT molecular complexity index is 634. The number of amides is 1. The molecular weight excluding hydrogens is 330 g/mol. The van der Waals surface area contributed by atoms with Crippen molar-refractivity contribution in [1.82, 2.24) is 9.03 Å². The fraction of sp³-hybridized carbons (Fsp3) is 0.562. The molecule has 0 aliphatic heterocycles. The summed E-state index contributed by atoms with van der Waals surface area (Å²) in [5, 5.41) is 2.67. The summed E-state index contributed by atoms with van der Waals surface area (Å²) in [7, 11) is -0.396. The number of hydrogen-bond acceptors (Lipinski definition) is 4. The predicted molar refractivity (Wildman–Crippen MR) is 95.2 cm³/mol. The smallest absolute Gasteiger partial charge is 0.412 e. The van der Waals surface area contributed by atoms with Crippen molar-refractivity contribution in [2.75, 3.05) is 26.0 Å². The molecule has 8 heteroatoms. The molecule has 0 spiro atoms. The maximum absolute atomic E-state index is 11.7. The highest BCUT2D eigenvalue weighted by atomic mass is 32.2. The molecule has 1 rings (SSSR count). The fourth-order valence-corrected chi connectivity index (χ4v) is 2.46. The van der Waals surface area contributed by atoms with Gasteiger partial charge >= 0.3 is 6.09 Å².